The van der Waals surface area contributed by atoms with Gasteiger partial charge in [0.2, 0.25) is 0 Å². The van der Waals surface area contributed by atoms with Crippen LogP contribution in [0.2, 0.25) is 0 Å². The number of rotatable bonds is 4. The van der Waals surface area contributed by atoms with Gasteiger partial charge in [0, 0.05) is 10.9 Å². The van der Waals surface area contributed by atoms with Crippen LogP contribution < -0.4 is 0 Å². The Kier molecular flexibility index (Phi) is 3.51. The van der Waals surface area contributed by atoms with Crippen LogP contribution in [0.5, 0.6) is 5.75 Å². The number of phenolic OH excluding ortho intramolecular Hbond substituents is 1. The standard InChI is InChI=1S/C18H15NO3/c1-3-4-12-8-15(18(20)16(9-12)19-21)13-5-6-17-14(10-13)7-11(2)22-17/h3,5-10,20H,1,4H2,2H3. The van der Waals surface area contributed by atoms with Gasteiger partial charge in [0.1, 0.15) is 11.3 Å². The minimum absolute atomic E-state index is 0.0396. The molecule has 0 bridgehead atoms. The van der Waals surface area contributed by atoms with Gasteiger partial charge in [-0.25, -0.2) is 0 Å². The number of hydrogen-bond donors (Lipinski definition) is 1. The third-order valence-corrected chi connectivity index (χ3v) is 3.58. The lowest BCUT2D eigenvalue weighted by Gasteiger charge is -2.09. The molecule has 0 saturated carbocycles. The largest absolute Gasteiger partial charge is 0.505 e. The molecule has 3 rings (SSSR count). The molecule has 0 radical (unpaired) electrons. The number of allylic oxidation sites excluding steroid dienone is 1. The third kappa shape index (κ3) is 2.39. The minimum Gasteiger partial charge on any atom is -0.505 e. The van der Waals surface area contributed by atoms with Crippen molar-refractivity contribution >= 4 is 16.7 Å². The number of fused-ring (bicyclic) bond motifs is 1. The van der Waals surface area contributed by atoms with Crippen LogP contribution in [-0.4, -0.2) is 5.11 Å². The Morgan fingerprint density at radius 3 is 2.82 bits per heavy atom. The van der Waals surface area contributed by atoms with Gasteiger partial charge in [-0.05, 0) is 60.0 Å². The number of furan rings is 1. The van der Waals surface area contributed by atoms with Gasteiger partial charge in [0.15, 0.2) is 11.4 Å². The number of aromatic hydroxyl groups is 1. The molecule has 22 heavy (non-hydrogen) atoms. The van der Waals surface area contributed by atoms with Gasteiger partial charge in [-0.2, -0.15) is 0 Å². The zero-order valence-corrected chi connectivity index (χ0v) is 12.2. The molecule has 110 valence electrons. The smallest absolute Gasteiger partial charge is 0.152 e. The highest BCUT2D eigenvalue weighted by Gasteiger charge is 2.13. The summed E-state index contributed by atoms with van der Waals surface area (Å²) in [4.78, 5) is 10.9. The Morgan fingerprint density at radius 2 is 2.09 bits per heavy atom. The van der Waals surface area contributed by atoms with E-state index in [4.69, 9.17) is 4.42 Å². The van der Waals surface area contributed by atoms with Crippen molar-refractivity contribution in [2.75, 3.05) is 0 Å². The second-order valence-electron chi connectivity index (χ2n) is 5.20. The van der Waals surface area contributed by atoms with Crippen molar-refractivity contribution in [2.24, 2.45) is 5.18 Å². The van der Waals surface area contributed by atoms with Crippen LogP contribution in [0.4, 0.5) is 5.69 Å². The first-order chi connectivity index (χ1) is 10.6. The highest BCUT2D eigenvalue weighted by molar-refractivity contribution is 5.87. The number of nitrogens with zero attached hydrogens (tertiary/aromatic N) is 1. The van der Waals surface area contributed by atoms with Crippen LogP contribution in [0.25, 0.3) is 22.1 Å². The molecule has 0 fully saturated rings. The predicted molar refractivity (Wildman–Crippen MR) is 87.4 cm³/mol. The van der Waals surface area contributed by atoms with Crippen molar-refractivity contribution in [2.45, 2.75) is 13.3 Å². The second-order valence-corrected chi connectivity index (χ2v) is 5.20. The molecule has 1 N–H and O–H groups in total. The molecule has 0 aliphatic carbocycles. The number of benzene rings is 2. The molecule has 0 amide bonds. The Bertz CT molecular complexity index is 877. The second kappa shape index (κ2) is 5.48. The lowest BCUT2D eigenvalue weighted by Crippen LogP contribution is -1.86. The normalized spacial score (nSPS) is 10.8. The van der Waals surface area contributed by atoms with Gasteiger partial charge < -0.3 is 9.52 Å². The fourth-order valence-corrected chi connectivity index (χ4v) is 2.60. The summed E-state index contributed by atoms with van der Waals surface area (Å²) in [6.45, 7) is 5.58. The van der Waals surface area contributed by atoms with E-state index in [-0.39, 0.29) is 11.4 Å². The van der Waals surface area contributed by atoms with Crippen LogP contribution in [0.1, 0.15) is 11.3 Å². The van der Waals surface area contributed by atoms with E-state index in [1.807, 2.05) is 37.3 Å². The van der Waals surface area contributed by atoms with Gasteiger partial charge in [0.05, 0.1) is 0 Å². The van der Waals surface area contributed by atoms with Crippen LogP contribution in [0, 0.1) is 11.8 Å². The van der Waals surface area contributed by atoms with Crippen molar-refractivity contribution in [3.05, 3.63) is 65.3 Å². The molecule has 0 aliphatic rings. The number of nitroso groups, excluding NO2 is 1. The molecular formula is C18H15NO3. The molecule has 4 heteroatoms. The summed E-state index contributed by atoms with van der Waals surface area (Å²) in [6.07, 6.45) is 2.34. The SMILES string of the molecule is C=CCc1cc(N=O)c(O)c(-c2ccc3oc(C)cc3c2)c1. The summed E-state index contributed by atoms with van der Waals surface area (Å²) in [7, 11) is 0. The van der Waals surface area contributed by atoms with E-state index >= 15 is 0 Å². The number of phenols is 1. The van der Waals surface area contributed by atoms with E-state index in [9.17, 15) is 10.0 Å². The van der Waals surface area contributed by atoms with Crippen LogP contribution in [0.3, 0.4) is 0 Å². The van der Waals surface area contributed by atoms with Crippen LogP contribution in [0.15, 0.2) is 58.6 Å². The summed E-state index contributed by atoms with van der Waals surface area (Å²) in [5, 5.41) is 14.1. The first-order valence-corrected chi connectivity index (χ1v) is 6.93. The molecule has 2 aromatic carbocycles. The van der Waals surface area contributed by atoms with Crippen molar-refractivity contribution in [3.63, 3.8) is 0 Å². The van der Waals surface area contributed by atoms with Crippen molar-refractivity contribution < 1.29 is 9.52 Å². The fourth-order valence-electron chi connectivity index (χ4n) is 2.60. The third-order valence-electron chi connectivity index (χ3n) is 3.58. The minimum atomic E-state index is -0.109. The molecule has 0 atom stereocenters. The predicted octanol–water partition coefficient (Wildman–Crippen LogP) is 5.24. The van der Waals surface area contributed by atoms with Gasteiger partial charge >= 0.3 is 0 Å². The highest BCUT2D eigenvalue weighted by Crippen LogP contribution is 2.39. The summed E-state index contributed by atoms with van der Waals surface area (Å²) >= 11 is 0. The Hall–Kier alpha value is -2.88. The molecule has 1 heterocycles. The Morgan fingerprint density at radius 1 is 1.27 bits per heavy atom. The molecule has 1 aromatic heterocycles. The molecule has 0 spiro atoms. The van der Waals surface area contributed by atoms with E-state index in [0.717, 1.165) is 27.9 Å². The number of aryl methyl sites for hydroxylation is 1. The highest BCUT2D eigenvalue weighted by atomic mass is 16.3. The fraction of sp³-hybridized carbons (Fsp3) is 0.111. The zero-order chi connectivity index (χ0) is 15.7. The quantitative estimate of drug-likeness (QED) is 0.528. The Balaban J connectivity index is 2.21. The van der Waals surface area contributed by atoms with Crippen molar-refractivity contribution in [1.29, 1.82) is 0 Å². The average Bonchev–Trinajstić information content (AvgIpc) is 2.88. The van der Waals surface area contributed by atoms with Gasteiger partial charge in [-0.15, -0.1) is 11.5 Å². The summed E-state index contributed by atoms with van der Waals surface area (Å²) in [5.41, 5.74) is 3.09. The first-order valence-electron chi connectivity index (χ1n) is 6.93. The van der Waals surface area contributed by atoms with E-state index in [2.05, 4.69) is 11.8 Å². The monoisotopic (exact) mass is 293 g/mol. The van der Waals surface area contributed by atoms with Crippen LogP contribution in [-0.2, 0) is 6.42 Å². The van der Waals surface area contributed by atoms with E-state index < -0.39 is 0 Å². The molecule has 4 nitrogen and oxygen atoms in total. The van der Waals surface area contributed by atoms with Gasteiger partial charge in [0.25, 0.3) is 0 Å². The number of hydrogen-bond acceptors (Lipinski definition) is 4. The summed E-state index contributed by atoms with van der Waals surface area (Å²) < 4.78 is 5.55. The molecule has 0 unspecified atom stereocenters. The summed E-state index contributed by atoms with van der Waals surface area (Å²) in [5.74, 6) is 0.717. The van der Waals surface area contributed by atoms with Gasteiger partial charge in [-0.1, -0.05) is 12.1 Å². The molecule has 0 saturated heterocycles. The lowest BCUT2D eigenvalue weighted by atomic mass is 9.98. The first kappa shape index (κ1) is 14.1. The summed E-state index contributed by atoms with van der Waals surface area (Å²) in [6, 6.07) is 11.0. The topological polar surface area (TPSA) is 62.8 Å². The maximum atomic E-state index is 10.9. The van der Waals surface area contributed by atoms with E-state index in [1.54, 1.807) is 12.1 Å². The molecular weight excluding hydrogens is 278 g/mol. The molecule has 3 aromatic rings. The average molecular weight is 293 g/mol. The Labute approximate surface area is 127 Å². The van der Waals surface area contributed by atoms with E-state index in [0.29, 0.717) is 12.0 Å². The van der Waals surface area contributed by atoms with Gasteiger partial charge in [-0.3, -0.25) is 0 Å². The van der Waals surface area contributed by atoms with Crippen molar-refractivity contribution in [3.8, 4) is 16.9 Å². The lowest BCUT2D eigenvalue weighted by molar-refractivity contribution is 0.478. The van der Waals surface area contributed by atoms with Crippen LogP contribution >= 0.6 is 0 Å². The maximum absolute atomic E-state index is 10.9. The zero-order valence-electron chi connectivity index (χ0n) is 12.2. The van der Waals surface area contributed by atoms with Crippen molar-refractivity contribution in [1.82, 2.24) is 0 Å². The molecule has 0 aliphatic heterocycles. The maximum Gasteiger partial charge on any atom is 0.152 e. The van der Waals surface area contributed by atoms with E-state index in [1.165, 1.54) is 0 Å².